The van der Waals surface area contributed by atoms with Gasteiger partial charge in [0.25, 0.3) is 0 Å². The molecule has 0 aromatic rings. The summed E-state index contributed by atoms with van der Waals surface area (Å²) in [4.78, 5) is 14.4. The third-order valence-corrected chi connectivity index (χ3v) is 20.1. The predicted octanol–water partition coefficient (Wildman–Crippen LogP) is 8.40. The lowest BCUT2D eigenvalue weighted by molar-refractivity contribution is -0.221. The van der Waals surface area contributed by atoms with Gasteiger partial charge in [-0.2, -0.15) is 0 Å². The molecule has 0 bridgehead atoms. The number of alkyl halides is 1. The first-order valence-corrected chi connectivity index (χ1v) is 22.8. The summed E-state index contributed by atoms with van der Waals surface area (Å²) in [5.74, 6) is 2.31. The highest BCUT2D eigenvalue weighted by atomic mass is 32.2. The van der Waals surface area contributed by atoms with Gasteiger partial charge >= 0.3 is 5.97 Å². The minimum atomic E-state index is -2.85. The van der Waals surface area contributed by atoms with Gasteiger partial charge in [0.2, 0.25) is 0 Å². The third-order valence-electron chi connectivity index (χ3n) is 18.5. The van der Waals surface area contributed by atoms with E-state index in [9.17, 15) is 22.7 Å². The molecule has 0 aromatic heterocycles. The van der Waals surface area contributed by atoms with Crippen molar-refractivity contribution in [2.24, 2.45) is 62.6 Å². The number of carbonyl (C=O) groups is 1. The molecule has 12 atom stereocenters. The Bertz CT molecular complexity index is 1670. The molecule has 290 valence electrons. The highest BCUT2D eigenvalue weighted by Crippen LogP contribution is 2.77. The van der Waals surface area contributed by atoms with E-state index in [0.29, 0.717) is 67.0 Å². The van der Waals surface area contributed by atoms with Crippen LogP contribution in [0.15, 0.2) is 35.5 Å². The van der Waals surface area contributed by atoms with Crippen LogP contribution in [0.25, 0.3) is 0 Å². The van der Waals surface area contributed by atoms with Crippen molar-refractivity contribution in [1.29, 1.82) is 0 Å². The molecular formula is C44H67FN2O4S. The average Bonchev–Trinajstić information content (AvgIpc) is 3.48. The van der Waals surface area contributed by atoms with Gasteiger partial charge in [0, 0.05) is 24.5 Å². The van der Waals surface area contributed by atoms with E-state index in [2.05, 4.69) is 70.5 Å². The number of hydrogen-bond donors (Lipinski definition) is 2. The molecular weight excluding hydrogens is 672 g/mol. The van der Waals surface area contributed by atoms with Crippen LogP contribution in [0, 0.1) is 62.6 Å². The summed E-state index contributed by atoms with van der Waals surface area (Å²) in [6.45, 7) is 23.1. The maximum absolute atomic E-state index is 14.9. The molecule has 2 N–H and O–H groups in total. The van der Waals surface area contributed by atoms with Crippen LogP contribution in [0.5, 0.6) is 0 Å². The van der Waals surface area contributed by atoms with Crippen LogP contribution in [0.3, 0.4) is 0 Å². The number of nitrogens with one attached hydrogen (secondary N) is 1. The van der Waals surface area contributed by atoms with E-state index in [4.69, 9.17) is 0 Å². The topological polar surface area (TPSA) is 86.7 Å². The maximum Gasteiger partial charge on any atom is 0.313 e. The molecule has 7 aliphatic carbocycles. The molecule has 8 heteroatoms. The van der Waals surface area contributed by atoms with Crippen molar-refractivity contribution in [3.63, 3.8) is 0 Å². The number of rotatable bonds is 8. The van der Waals surface area contributed by atoms with Crippen molar-refractivity contribution in [1.82, 2.24) is 10.2 Å². The van der Waals surface area contributed by atoms with Gasteiger partial charge in [-0.3, -0.25) is 4.79 Å². The van der Waals surface area contributed by atoms with Crippen LogP contribution < -0.4 is 5.32 Å². The number of carboxylic acid groups (broad SMARTS) is 1. The molecule has 52 heavy (non-hydrogen) atoms. The number of aliphatic carboxylic acids is 1. The van der Waals surface area contributed by atoms with E-state index in [0.717, 1.165) is 25.9 Å². The zero-order valence-electron chi connectivity index (χ0n) is 33.0. The lowest BCUT2D eigenvalue weighted by Crippen LogP contribution is -2.68. The van der Waals surface area contributed by atoms with Gasteiger partial charge in [0.05, 0.1) is 11.5 Å². The zero-order valence-corrected chi connectivity index (χ0v) is 33.9. The third kappa shape index (κ3) is 5.17. The molecule has 0 spiro atoms. The van der Waals surface area contributed by atoms with E-state index >= 15 is 0 Å². The van der Waals surface area contributed by atoms with Gasteiger partial charge in [-0.15, -0.1) is 0 Å². The summed E-state index contributed by atoms with van der Waals surface area (Å²) in [6.07, 6.45) is 16.4. The van der Waals surface area contributed by atoms with Gasteiger partial charge in [-0.25, -0.2) is 12.8 Å². The number of nitrogens with zero attached hydrogens (tertiary/aromatic N) is 1. The fraction of sp³-hybridized carbons (Fsp3) is 0.841. The Labute approximate surface area is 313 Å². The molecule has 5 saturated carbocycles. The molecule has 6 fully saturated rings. The molecule has 6 nitrogen and oxygen atoms in total. The Kier molecular flexibility index (Phi) is 8.81. The van der Waals surface area contributed by atoms with Crippen molar-refractivity contribution in [2.75, 3.05) is 37.7 Å². The van der Waals surface area contributed by atoms with E-state index in [-0.39, 0.29) is 33.1 Å². The fourth-order valence-corrected chi connectivity index (χ4v) is 16.7. The number of fused-ring (bicyclic) bond motifs is 8. The number of carboxylic acids is 1. The number of allylic oxidation sites excluding steroid dienone is 5. The summed E-state index contributed by atoms with van der Waals surface area (Å²) in [5, 5.41) is 14.1. The van der Waals surface area contributed by atoms with Crippen LogP contribution >= 0.6 is 0 Å². The molecule has 0 aromatic carbocycles. The molecule has 0 radical (unpaired) electrons. The Morgan fingerprint density at radius 2 is 1.67 bits per heavy atom. The molecule has 8 aliphatic rings. The van der Waals surface area contributed by atoms with Crippen LogP contribution in [0.2, 0.25) is 0 Å². The molecule has 0 amide bonds. The summed E-state index contributed by atoms with van der Waals surface area (Å²) in [5.41, 5.74) is 3.65. The van der Waals surface area contributed by atoms with Crippen molar-refractivity contribution in [3.05, 3.63) is 35.5 Å². The largest absolute Gasteiger partial charge is 0.481 e. The van der Waals surface area contributed by atoms with Crippen LogP contribution in [0.1, 0.15) is 119 Å². The second-order valence-electron chi connectivity index (χ2n) is 20.7. The van der Waals surface area contributed by atoms with E-state index in [1.807, 2.05) is 0 Å². The maximum atomic E-state index is 14.9. The van der Waals surface area contributed by atoms with Gasteiger partial charge in [0.1, 0.15) is 11.6 Å². The first-order valence-electron chi connectivity index (χ1n) is 21.0. The van der Waals surface area contributed by atoms with Gasteiger partial charge in [-0.1, -0.05) is 58.9 Å². The quantitative estimate of drug-likeness (QED) is 0.192. The highest BCUT2D eigenvalue weighted by molar-refractivity contribution is 7.91. The summed E-state index contributed by atoms with van der Waals surface area (Å²) < 4.78 is 38.8. The van der Waals surface area contributed by atoms with Crippen LogP contribution in [0.4, 0.5) is 4.39 Å². The van der Waals surface area contributed by atoms with Gasteiger partial charge in [-0.05, 0) is 159 Å². The minimum absolute atomic E-state index is 0.0353. The molecule has 8 rings (SSSR count). The lowest BCUT2D eigenvalue weighted by Gasteiger charge is -2.72. The standard InChI is InChI=1S/C44H67FN2O4S/c1-28(2)30-12-17-43(46-21-8-22-47-23-25-52(50,51)26-24-47)20-19-41(6)32(36(30)43)9-10-35-40(5)15-13-31(39(3,4)34(40)14-16-42(35,41)7)29-11-18-44(38(48)49)33(27-29)37(44)45/h11,13,30,32-37,46H,1,8-10,12,14-27H2,2-7H3,(H,48,49)/t30-,32+,33?,34-,35+,36+,37?,40-,41+,42+,43?,44+/m0/s1. The summed E-state index contributed by atoms with van der Waals surface area (Å²) >= 11 is 0. The Hall–Kier alpha value is -1.51. The van der Waals surface area contributed by atoms with Gasteiger partial charge < -0.3 is 15.3 Å². The van der Waals surface area contributed by atoms with E-state index < -0.39 is 27.4 Å². The number of hydrogen-bond acceptors (Lipinski definition) is 5. The van der Waals surface area contributed by atoms with E-state index in [1.165, 1.54) is 68.1 Å². The zero-order chi connectivity index (χ0) is 37.3. The molecule has 1 heterocycles. The Balaban J connectivity index is 1.02. The SMILES string of the molecule is C=C(C)[C@@H]1CCC2(NCCCN3CCS(=O)(=O)CC3)CC[C@]3(C)[C@H](CC[C@@H]4[C@@]5(C)CC=C(C6=CC[C@]7(C(=O)O)C(F)C7C6)C(C)(C)[C@@H]5CC[C@]43C)[C@@H]12. The Morgan fingerprint density at radius 1 is 0.942 bits per heavy atom. The normalized spacial score (nSPS) is 48.9. The van der Waals surface area contributed by atoms with Crippen molar-refractivity contribution < 1.29 is 22.7 Å². The molecule has 1 aliphatic heterocycles. The molecule has 3 unspecified atom stereocenters. The second kappa shape index (κ2) is 12.2. The van der Waals surface area contributed by atoms with Crippen molar-refractivity contribution >= 4 is 15.8 Å². The van der Waals surface area contributed by atoms with Crippen LogP contribution in [-0.4, -0.2) is 73.8 Å². The highest BCUT2D eigenvalue weighted by Gasteiger charge is 2.73. The average molecular weight is 739 g/mol. The minimum Gasteiger partial charge on any atom is -0.481 e. The monoisotopic (exact) mass is 738 g/mol. The number of sulfone groups is 1. The van der Waals surface area contributed by atoms with Crippen molar-refractivity contribution in [2.45, 2.75) is 130 Å². The van der Waals surface area contributed by atoms with Crippen LogP contribution in [-0.2, 0) is 14.6 Å². The first kappa shape index (κ1) is 37.4. The number of halogens is 1. The van der Waals surface area contributed by atoms with Crippen molar-refractivity contribution in [3.8, 4) is 0 Å². The van der Waals surface area contributed by atoms with Gasteiger partial charge in [0.15, 0.2) is 9.84 Å². The second-order valence-corrected chi connectivity index (χ2v) is 23.0. The lowest BCUT2D eigenvalue weighted by atomic mass is 9.33. The first-order chi connectivity index (χ1) is 24.4. The summed E-state index contributed by atoms with van der Waals surface area (Å²) in [7, 11) is -2.85. The molecule has 1 saturated heterocycles. The predicted molar refractivity (Wildman–Crippen MR) is 206 cm³/mol. The van der Waals surface area contributed by atoms with E-state index in [1.54, 1.807) is 0 Å². The smallest absolute Gasteiger partial charge is 0.313 e. The fourth-order valence-electron chi connectivity index (χ4n) is 15.4. The Morgan fingerprint density at radius 3 is 2.35 bits per heavy atom. The summed E-state index contributed by atoms with van der Waals surface area (Å²) in [6, 6.07) is 0.